The molecule has 1 fully saturated rings. The summed E-state index contributed by atoms with van der Waals surface area (Å²) >= 11 is 5.29. The third kappa shape index (κ3) is 3.25. The van der Waals surface area contributed by atoms with Gasteiger partial charge in [-0.3, -0.25) is 0 Å². The molecule has 94 valence electrons. The molecule has 0 amide bonds. The minimum Gasteiger partial charge on any atom is -0.394 e. The molecule has 0 radical (unpaired) electrons. The SMILES string of the molecule is CNC(CO)(CSc1cccc(Br)c1)C1CC1. The summed E-state index contributed by atoms with van der Waals surface area (Å²) in [7, 11) is 1.95. The molecule has 1 saturated carbocycles. The highest BCUT2D eigenvalue weighted by Crippen LogP contribution is 2.42. The lowest BCUT2D eigenvalue weighted by atomic mass is 9.97. The van der Waals surface area contributed by atoms with Crippen molar-refractivity contribution < 1.29 is 5.11 Å². The fourth-order valence-electron chi connectivity index (χ4n) is 2.05. The van der Waals surface area contributed by atoms with E-state index in [-0.39, 0.29) is 12.1 Å². The van der Waals surface area contributed by atoms with E-state index in [4.69, 9.17) is 0 Å². The van der Waals surface area contributed by atoms with Crippen LogP contribution in [0.3, 0.4) is 0 Å². The minimum atomic E-state index is -0.104. The first-order chi connectivity index (χ1) is 8.20. The van der Waals surface area contributed by atoms with Gasteiger partial charge in [0.15, 0.2) is 0 Å². The number of likely N-dealkylation sites (N-methyl/N-ethyl adjacent to an activating group) is 1. The minimum absolute atomic E-state index is 0.104. The number of nitrogens with one attached hydrogen (secondary N) is 1. The van der Waals surface area contributed by atoms with Crippen LogP contribution in [0.5, 0.6) is 0 Å². The maximum Gasteiger partial charge on any atom is 0.0624 e. The van der Waals surface area contributed by atoms with Gasteiger partial charge in [0.05, 0.1) is 12.1 Å². The first kappa shape index (κ1) is 13.4. The van der Waals surface area contributed by atoms with Crippen molar-refractivity contribution in [2.24, 2.45) is 5.92 Å². The van der Waals surface area contributed by atoms with Gasteiger partial charge in [0, 0.05) is 15.1 Å². The molecular formula is C13H18BrNOS. The molecular weight excluding hydrogens is 298 g/mol. The molecule has 2 N–H and O–H groups in total. The zero-order valence-electron chi connectivity index (χ0n) is 9.95. The smallest absolute Gasteiger partial charge is 0.0624 e. The van der Waals surface area contributed by atoms with Gasteiger partial charge < -0.3 is 10.4 Å². The van der Waals surface area contributed by atoms with E-state index in [1.54, 1.807) is 11.8 Å². The highest BCUT2D eigenvalue weighted by atomic mass is 79.9. The second-order valence-corrected chi connectivity index (χ2v) is 6.55. The Morgan fingerprint density at radius 3 is 2.82 bits per heavy atom. The molecule has 1 atom stereocenters. The molecule has 2 nitrogen and oxygen atoms in total. The topological polar surface area (TPSA) is 32.3 Å². The van der Waals surface area contributed by atoms with Gasteiger partial charge in [-0.2, -0.15) is 0 Å². The van der Waals surface area contributed by atoms with Gasteiger partial charge in [0.1, 0.15) is 0 Å². The number of hydrogen-bond acceptors (Lipinski definition) is 3. The summed E-state index contributed by atoms with van der Waals surface area (Å²) < 4.78 is 1.10. The largest absolute Gasteiger partial charge is 0.394 e. The van der Waals surface area contributed by atoms with Gasteiger partial charge in [-0.15, -0.1) is 11.8 Å². The number of halogens is 1. The fraction of sp³-hybridized carbons (Fsp3) is 0.538. The van der Waals surface area contributed by atoms with Crippen LogP contribution in [0.15, 0.2) is 33.6 Å². The Hall–Kier alpha value is -0.0300. The highest BCUT2D eigenvalue weighted by Gasteiger charge is 2.43. The van der Waals surface area contributed by atoms with Crippen LogP contribution in [-0.4, -0.2) is 30.1 Å². The van der Waals surface area contributed by atoms with Crippen molar-refractivity contribution in [1.82, 2.24) is 5.32 Å². The molecule has 0 saturated heterocycles. The molecule has 0 heterocycles. The first-order valence-electron chi connectivity index (χ1n) is 5.88. The maximum atomic E-state index is 9.63. The lowest BCUT2D eigenvalue weighted by Crippen LogP contribution is -2.51. The standard InChI is InChI=1S/C13H18BrNOS/c1-15-13(8-16,10-5-6-10)9-17-12-4-2-3-11(14)7-12/h2-4,7,10,15-16H,5-6,8-9H2,1H3. The summed E-state index contributed by atoms with van der Waals surface area (Å²) in [5, 5.41) is 13.0. The summed E-state index contributed by atoms with van der Waals surface area (Å²) in [5.74, 6) is 1.55. The van der Waals surface area contributed by atoms with Gasteiger partial charge in [-0.05, 0) is 44.0 Å². The van der Waals surface area contributed by atoms with E-state index in [9.17, 15) is 5.11 Å². The Kier molecular flexibility index (Phi) is 4.53. The van der Waals surface area contributed by atoms with Crippen LogP contribution < -0.4 is 5.32 Å². The first-order valence-corrected chi connectivity index (χ1v) is 7.66. The lowest BCUT2D eigenvalue weighted by Gasteiger charge is -2.31. The predicted molar refractivity (Wildman–Crippen MR) is 76.5 cm³/mol. The van der Waals surface area contributed by atoms with Gasteiger partial charge in [-0.25, -0.2) is 0 Å². The quantitative estimate of drug-likeness (QED) is 0.792. The Bertz CT molecular complexity index is 377. The number of hydrogen-bond donors (Lipinski definition) is 2. The Labute approximate surface area is 115 Å². The molecule has 0 aliphatic heterocycles. The summed E-state index contributed by atoms with van der Waals surface area (Å²) in [6.45, 7) is 0.217. The van der Waals surface area contributed by atoms with E-state index < -0.39 is 0 Å². The normalized spacial score (nSPS) is 19.0. The summed E-state index contributed by atoms with van der Waals surface area (Å²) in [5.41, 5.74) is -0.104. The molecule has 0 bridgehead atoms. The van der Waals surface area contributed by atoms with Crippen molar-refractivity contribution in [1.29, 1.82) is 0 Å². The predicted octanol–water partition coefficient (Wildman–Crippen LogP) is 2.90. The Morgan fingerprint density at radius 1 is 1.53 bits per heavy atom. The molecule has 1 aromatic rings. The van der Waals surface area contributed by atoms with Crippen molar-refractivity contribution in [3.63, 3.8) is 0 Å². The van der Waals surface area contributed by atoms with Crippen molar-refractivity contribution in [3.05, 3.63) is 28.7 Å². The van der Waals surface area contributed by atoms with Crippen LogP contribution in [0.25, 0.3) is 0 Å². The van der Waals surface area contributed by atoms with Crippen LogP contribution in [0.1, 0.15) is 12.8 Å². The number of thioether (sulfide) groups is 1. The molecule has 1 unspecified atom stereocenters. The van der Waals surface area contributed by atoms with Crippen molar-refractivity contribution in [3.8, 4) is 0 Å². The van der Waals surface area contributed by atoms with Gasteiger partial charge in [0.2, 0.25) is 0 Å². The average Bonchev–Trinajstić information content (AvgIpc) is 3.16. The second kappa shape index (κ2) is 5.74. The van der Waals surface area contributed by atoms with Crippen molar-refractivity contribution in [2.45, 2.75) is 23.3 Å². The van der Waals surface area contributed by atoms with E-state index in [1.165, 1.54) is 17.7 Å². The molecule has 0 spiro atoms. The van der Waals surface area contributed by atoms with Gasteiger partial charge in [-0.1, -0.05) is 22.0 Å². The van der Waals surface area contributed by atoms with Crippen LogP contribution in [0, 0.1) is 5.92 Å². The van der Waals surface area contributed by atoms with E-state index in [1.807, 2.05) is 19.2 Å². The van der Waals surface area contributed by atoms with Crippen LogP contribution in [0.4, 0.5) is 0 Å². The molecule has 2 rings (SSSR count). The number of aliphatic hydroxyl groups excluding tert-OH is 1. The average molecular weight is 316 g/mol. The zero-order valence-corrected chi connectivity index (χ0v) is 12.4. The molecule has 4 heteroatoms. The highest BCUT2D eigenvalue weighted by molar-refractivity contribution is 9.10. The number of rotatable bonds is 6. The second-order valence-electron chi connectivity index (χ2n) is 4.58. The van der Waals surface area contributed by atoms with Crippen LogP contribution in [-0.2, 0) is 0 Å². The van der Waals surface area contributed by atoms with Crippen molar-refractivity contribution in [2.75, 3.05) is 19.4 Å². The van der Waals surface area contributed by atoms with Crippen molar-refractivity contribution >= 4 is 27.7 Å². The maximum absolute atomic E-state index is 9.63. The van der Waals surface area contributed by atoms with E-state index in [0.717, 1.165) is 10.2 Å². The molecule has 1 aromatic carbocycles. The summed E-state index contributed by atoms with van der Waals surface area (Å²) in [6, 6.07) is 8.31. The summed E-state index contributed by atoms with van der Waals surface area (Å²) in [6.07, 6.45) is 2.47. The summed E-state index contributed by atoms with van der Waals surface area (Å²) in [4.78, 5) is 1.24. The monoisotopic (exact) mass is 315 g/mol. The number of benzene rings is 1. The molecule has 1 aliphatic rings. The lowest BCUT2D eigenvalue weighted by molar-refractivity contribution is 0.167. The Morgan fingerprint density at radius 2 is 2.29 bits per heavy atom. The third-order valence-corrected chi connectivity index (χ3v) is 5.17. The van der Waals surface area contributed by atoms with E-state index in [2.05, 4.69) is 33.4 Å². The fourth-order valence-corrected chi connectivity index (χ4v) is 3.88. The van der Waals surface area contributed by atoms with Crippen LogP contribution >= 0.6 is 27.7 Å². The zero-order chi connectivity index (χ0) is 12.3. The van der Waals surface area contributed by atoms with E-state index in [0.29, 0.717) is 5.92 Å². The molecule has 0 aromatic heterocycles. The number of aliphatic hydroxyl groups is 1. The third-order valence-electron chi connectivity index (χ3n) is 3.43. The molecule has 17 heavy (non-hydrogen) atoms. The Balaban J connectivity index is 2.00. The van der Waals surface area contributed by atoms with Gasteiger partial charge in [0.25, 0.3) is 0 Å². The molecule has 1 aliphatic carbocycles. The van der Waals surface area contributed by atoms with Gasteiger partial charge >= 0.3 is 0 Å². The van der Waals surface area contributed by atoms with E-state index >= 15 is 0 Å². The van der Waals surface area contributed by atoms with Crippen LogP contribution in [0.2, 0.25) is 0 Å².